The first-order valence-electron chi connectivity index (χ1n) is 15.6. The summed E-state index contributed by atoms with van der Waals surface area (Å²) in [6.45, 7) is 4.68. The summed E-state index contributed by atoms with van der Waals surface area (Å²) in [5, 5.41) is 4.70. The smallest absolute Gasteiger partial charge is 0.159 e. The van der Waals surface area contributed by atoms with Crippen LogP contribution < -0.4 is 4.90 Å². The Labute approximate surface area is 262 Å². The molecule has 45 heavy (non-hydrogen) atoms. The molecule has 0 unspecified atom stereocenters. The zero-order valence-electron chi connectivity index (χ0n) is 25.3. The number of rotatable bonds is 4. The van der Waals surface area contributed by atoms with Gasteiger partial charge in [0.1, 0.15) is 5.58 Å². The van der Waals surface area contributed by atoms with Crippen LogP contribution >= 0.6 is 0 Å². The molecule has 0 aliphatic heterocycles. The Morgan fingerprint density at radius 2 is 1.22 bits per heavy atom. The monoisotopic (exact) mass is 577 g/mol. The second kappa shape index (κ2) is 9.70. The van der Waals surface area contributed by atoms with Gasteiger partial charge in [-0.25, -0.2) is 0 Å². The van der Waals surface area contributed by atoms with E-state index in [4.69, 9.17) is 4.42 Å². The summed E-state index contributed by atoms with van der Waals surface area (Å²) in [6.07, 6.45) is 0. The minimum Gasteiger partial charge on any atom is -0.454 e. The van der Waals surface area contributed by atoms with Gasteiger partial charge in [0, 0.05) is 27.6 Å². The summed E-state index contributed by atoms with van der Waals surface area (Å²) >= 11 is 0. The fourth-order valence-electron chi connectivity index (χ4n) is 7.35. The van der Waals surface area contributed by atoms with Crippen molar-refractivity contribution in [2.75, 3.05) is 4.90 Å². The predicted molar refractivity (Wildman–Crippen MR) is 189 cm³/mol. The van der Waals surface area contributed by atoms with Crippen LogP contribution in [0.5, 0.6) is 0 Å². The van der Waals surface area contributed by atoms with Gasteiger partial charge in [0.25, 0.3) is 0 Å². The van der Waals surface area contributed by atoms with E-state index in [9.17, 15) is 0 Å². The van der Waals surface area contributed by atoms with Gasteiger partial charge in [-0.1, -0.05) is 117 Å². The molecule has 0 N–H and O–H groups in total. The summed E-state index contributed by atoms with van der Waals surface area (Å²) < 4.78 is 6.71. The van der Waals surface area contributed by atoms with Crippen molar-refractivity contribution in [1.82, 2.24) is 0 Å². The molecule has 2 heteroatoms. The molecule has 0 spiro atoms. The van der Waals surface area contributed by atoms with Gasteiger partial charge in [-0.05, 0) is 92.7 Å². The molecule has 1 aliphatic carbocycles. The van der Waals surface area contributed by atoms with Gasteiger partial charge < -0.3 is 9.32 Å². The predicted octanol–water partition coefficient (Wildman–Crippen LogP) is 12.2. The molecule has 0 radical (unpaired) electrons. The lowest BCUT2D eigenvalue weighted by Gasteiger charge is -2.28. The Balaban J connectivity index is 1.33. The van der Waals surface area contributed by atoms with Gasteiger partial charge in [0.05, 0.1) is 5.69 Å². The SMILES string of the molecule is CC1(C)c2ccccc2-c2ccc(N(c3ccccc3)c3cc(-c4ccc5ccccc5c4)cc4c3oc3ccccc34)cc21. The summed E-state index contributed by atoms with van der Waals surface area (Å²) in [5.41, 5.74) is 12.6. The molecule has 0 fully saturated rings. The van der Waals surface area contributed by atoms with E-state index in [1.54, 1.807) is 0 Å². The van der Waals surface area contributed by atoms with E-state index in [0.29, 0.717) is 0 Å². The molecule has 0 saturated heterocycles. The molecule has 9 rings (SSSR count). The third kappa shape index (κ3) is 3.96. The number of furan rings is 1. The van der Waals surface area contributed by atoms with Crippen molar-refractivity contribution in [3.05, 3.63) is 163 Å². The number of hydrogen-bond acceptors (Lipinski definition) is 2. The van der Waals surface area contributed by atoms with E-state index >= 15 is 0 Å². The molecule has 7 aromatic carbocycles. The highest BCUT2D eigenvalue weighted by atomic mass is 16.3. The van der Waals surface area contributed by atoms with Crippen LogP contribution in [0.3, 0.4) is 0 Å². The van der Waals surface area contributed by atoms with E-state index in [2.05, 4.69) is 164 Å². The Morgan fingerprint density at radius 1 is 0.489 bits per heavy atom. The third-order valence-corrected chi connectivity index (χ3v) is 9.62. The number of hydrogen-bond donors (Lipinski definition) is 0. The van der Waals surface area contributed by atoms with Crippen LogP contribution in [0.4, 0.5) is 17.1 Å². The highest BCUT2D eigenvalue weighted by Gasteiger charge is 2.36. The second-order valence-electron chi connectivity index (χ2n) is 12.6. The Morgan fingerprint density at radius 3 is 2.11 bits per heavy atom. The maximum absolute atomic E-state index is 6.71. The van der Waals surface area contributed by atoms with Gasteiger partial charge in [0.15, 0.2) is 5.58 Å². The minimum absolute atomic E-state index is 0.105. The zero-order valence-corrected chi connectivity index (χ0v) is 25.3. The van der Waals surface area contributed by atoms with Crippen LogP contribution in [0, 0.1) is 0 Å². The highest BCUT2D eigenvalue weighted by molar-refractivity contribution is 6.12. The lowest BCUT2D eigenvalue weighted by atomic mass is 9.82. The third-order valence-electron chi connectivity index (χ3n) is 9.62. The van der Waals surface area contributed by atoms with Crippen molar-refractivity contribution in [2.45, 2.75) is 19.3 Å². The maximum Gasteiger partial charge on any atom is 0.159 e. The molecule has 214 valence electrons. The van der Waals surface area contributed by atoms with E-state index in [-0.39, 0.29) is 5.41 Å². The lowest BCUT2D eigenvalue weighted by Crippen LogP contribution is -2.16. The van der Waals surface area contributed by atoms with Gasteiger partial charge in [-0.3, -0.25) is 0 Å². The first-order chi connectivity index (χ1) is 22.1. The summed E-state index contributed by atoms with van der Waals surface area (Å²) in [7, 11) is 0. The molecule has 0 saturated carbocycles. The quantitative estimate of drug-likeness (QED) is 0.207. The largest absolute Gasteiger partial charge is 0.454 e. The van der Waals surface area contributed by atoms with Gasteiger partial charge in [-0.15, -0.1) is 0 Å². The average molecular weight is 578 g/mol. The Kier molecular flexibility index (Phi) is 5.58. The fraction of sp³-hybridized carbons (Fsp3) is 0.0698. The number of nitrogens with zero attached hydrogens (tertiary/aromatic N) is 1. The molecular formula is C43H31NO. The number of anilines is 3. The summed E-state index contributed by atoms with van der Waals surface area (Å²) in [4.78, 5) is 2.37. The lowest BCUT2D eigenvalue weighted by molar-refractivity contribution is 0.660. The van der Waals surface area contributed by atoms with E-state index in [1.165, 1.54) is 38.6 Å². The fourth-order valence-corrected chi connectivity index (χ4v) is 7.35. The molecule has 1 heterocycles. The van der Waals surface area contributed by atoms with E-state index < -0.39 is 0 Å². The molecule has 0 amide bonds. The van der Waals surface area contributed by atoms with Gasteiger partial charge in [0.2, 0.25) is 0 Å². The van der Waals surface area contributed by atoms with Crippen LogP contribution in [0.25, 0.3) is 55.0 Å². The van der Waals surface area contributed by atoms with Crippen molar-refractivity contribution in [2.24, 2.45) is 0 Å². The molecule has 1 aromatic heterocycles. The van der Waals surface area contributed by atoms with Crippen LogP contribution in [-0.4, -0.2) is 0 Å². The molecule has 2 nitrogen and oxygen atoms in total. The Bertz CT molecular complexity index is 2410. The highest BCUT2D eigenvalue weighted by Crippen LogP contribution is 2.51. The van der Waals surface area contributed by atoms with Crippen molar-refractivity contribution in [3.8, 4) is 22.3 Å². The van der Waals surface area contributed by atoms with Crippen molar-refractivity contribution < 1.29 is 4.42 Å². The van der Waals surface area contributed by atoms with Crippen LogP contribution in [-0.2, 0) is 5.41 Å². The van der Waals surface area contributed by atoms with Crippen LogP contribution in [0.15, 0.2) is 156 Å². The summed E-state index contributed by atoms with van der Waals surface area (Å²) in [6, 6.07) is 54.7. The molecule has 8 aromatic rings. The molecule has 0 bridgehead atoms. The zero-order chi connectivity index (χ0) is 30.1. The minimum atomic E-state index is -0.105. The molecule has 0 atom stereocenters. The van der Waals surface area contributed by atoms with Gasteiger partial charge >= 0.3 is 0 Å². The normalized spacial score (nSPS) is 13.3. The Hall–Kier alpha value is -5.60. The average Bonchev–Trinajstić information content (AvgIpc) is 3.57. The van der Waals surface area contributed by atoms with E-state index in [0.717, 1.165) is 44.6 Å². The topological polar surface area (TPSA) is 16.4 Å². The first-order valence-corrected chi connectivity index (χ1v) is 15.6. The number of benzene rings is 7. The van der Waals surface area contributed by atoms with Crippen LogP contribution in [0.1, 0.15) is 25.0 Å². The second-order valence-corrected chi connectivity index (χ2v) is 12.6. The number of para-hydroxylation sites is 2. The summed E-state index contributed by atoms with van der Waals surface area (Å²) in [5.74, 6) is 0. The molecular weight excluding hydrogens is 546 g/mol. The maximum atomic E-state index is 6.71. The van der Waals surface area contributed by atoms with Crippen molar-refractivity contribution in [1.29, 1.82) is 0 Å². The van der Waals surface area contributed by atoms with Crippen molar-refractivity contribution >= 4 is 49.8 Å². The van der Waals surface area contributed by atoms with Gasteiger partial charge in [-0.2, -0.15) is 0 Å². The number of fused-ring (bicyclic) bond motifs is 7. The van der Waals surface area contributed by atoms with E-state index in [1.807, 2.05) is 6.07 Å². The van der Waals surface area contributed by atoms with Crippen LogP contribution in [0.2, 0.25) is 0 Å². The standard InChI is InChI=1S/C43H31NO/c1-43(2)38-18-10-8-16-34(38)35-23-22-33(27-39(35)43)44(32-14-4-3-5-15-32)40-26-31(30-21-20-28-12-6-7-13-29(28)24-30)25-37-36-17-9-11-19-41(36)45-42(37)40/h3-27H,1-2H3. The molecule has 1 aliphatic rings. The first kappa shape index (κ1) is 25.9. The van der Waals surface area contributed by atoms with Crippen molar-refractivity contribution in [3.63, 3.8) is 0 Å².